The van der Waals surface area contributed by atoms with E-state index in [1.54, 1.807) is 24.3 Å². The smallest absolute Gasteiger partial charge is 0.266 e. The average molecular weight is 435 g/mol. The molecule has 4 rings (SSSR count). The van der Waals surface area contributed by atoms with Crippen LogP contribution in [-0.2, 0) is 12.0 Å². The number of Topliss-reactive ketones (excluding diaryl/α,β-unsaturated/α-hetero) is 1. The van der Waals surface area contributed by atoms with Crippen molar-refractivity contribution in [3.05, 3.63) is 40.7 Å². The summed E-state index contributed by atoms with van der Waals surface area (Å²) in [7, 11) is 0. The maximum atomic E-state index is 13.8. The third kappa shape index (κ3) is 4.12. The van der Waals surface area contributed by atoms with Crippen molar-refractivity contribution >= 4 is 34.4 Å². The summed E-state index contributed by atoms with van der Waals surface area (Å²) in [4.78, 5) is 24.3. The number of ketones is 1. The number of fused-ring (bicyclic) bond motifs is 1. The summed E-state index contributed by atoms with van der Waals surface area (Å²) in [6.45, 7) is 5.43. The second-order valence-electron chi connectivity index (χ2n) is 8.48. The maximum Gasteiger partial charge on any atom is 0.266 e. The van der Waals surface area contributed by atoms with Gasteiger partial charge >= 0.3 is 0 Å². The van der Waals surface area contributed by atoms with Crippen molar-refractivity contribution in [2.24, 2.45) is 0 Å². The summed E-state index contributed by atoms with van der Waals surface area (Å²) in [6.07, 6.45) is -0.244. The molecule has 0 bridgehead atoms. The molecular weight excluding hydrogens is 414 g/mol. The fourth-order valence-corrected chi connectivity index (χ4v) is 3.36. The number of hydrogen-bond acceptors (Lipinski definition) is 6. The van der Waals surface area contributed by atoms with Gasteiger partial charge in [-0.3, -0.25) is 4.79 Å². The maximum absolute atomic E-state index is 13.8. The van der Waals surface area contributed by atoms with Gasteiger partial charge in [-0.25, -0.2) is 18.7 Å². The van der Waals surface area contributed by atoms with Gasteiger partial charge in [0, 0.05) is 29.0 Å². The van der Waals surface area contributed by atoms with Gasteiger partial charge < -0.3 is 4.90 Å². The summed E-state index contributed by atoms with van der Waals surface area (Å²) in [5.41, 5.74) is 0.656. The van der Waals surface area contributed by atoms with Crippen LogP contribution >= 0.6 is 11.6 Å². The Bertz CT molecular complexity index is 1110. The van der Waals surface area contributed by atoms with Gasteiger partial charge in [-0.15, -0.1) is 10.2 Å². The fourth-order valence-electron chi connectivity index (χ4n) is 3.24. The predicted molar refractivity (Wildman–Crippen MR) is 109 cm³/mol. The van der Waals surface area contributed by atoms with E-state index < -0.39 is 17.9 Å². The molecule has 0 atom stereocenters. The van der Waals surface area contributed by atoms with Crippen molar-refractivity contribution < 1.29 is 13.6 Å². The van der Waals surface area contributed by atoms with Gasteiger partial charge in [-0.05, 0) is 24.3 Å². The molecule has 158 valence electrons. The number of carbonyl (C=O) groups excluding carboxylic acids is 1. The van der Waals surface area contributed by atoms with E-state index in [-0.39, 0.29) is 30.9 Å². The molecule has 30 heavy (non-hydrogen) atoms. The highest BCUT2D eigenvalue weighted by molar-refractivity contribution is 6.30. The quantitative estimate of drug-likeness (QED) is 0.579. The van der Waals surface area contributed by atoms with Crippen LogP contribution in [0.3, 0.4) is 0 Å². The molecule has 0 unspecified atom stereocenters. The van der Waals surface area contributed by atoms with Crippen LogP contribution in [0.5, 0.6) is 0 Å². The zero-order chi connectivity index (χ0) is 21.7. The van der Waals surface area contributed by atoms with Crippen molar-refractivity contribution in [1.82, 2.24) is 25.0 Å². The van der Waals surface area contributed by atoms with Crippen molar-refractivity contribution in [3.63, 3.8) is 0 Å². The third-order valence-electron chi connectivity index (χ3n) is 4.86. The Labute approximate surface area is 177 Å². The molecule has 0 saturated carbocycles. The van der Waals surface area contributed by atoms with Crippen molar-refractivity contribution in [3.8, 4) is 0 Å². The number of alkyl halides is 2. The molecule has 0 aliphatic carbocycles. The molecule has 0 N–H and O–H groups in total. The lowest BCUT2D eigenvalue weighted by Crippen LogP contribution is -2.27. The number of halogens is 3. The van der Waals surface area contributed by atoms with E-state index in [0.29, 0.717) is 27.7 Å². The van der Waals surface area contributed by atoms with Crippen LogP contribution in [0.25, 0.3) is 11.2 Å². The van der Waals surface area contributed by atoms with Crippen LogP contribution in [0.15, 0.2) is 24.3 Å². The van der Waals surface area contributed by atoms with E-state index in [9.17, 15) is 13.6 Å². The summed E-state index contributed by atoms with van der Waals surface area (Å²) in [5.74, 6) is -2.17. The Kier molecular flexibility index (Phi) is 4.96. The molecule has 0 amide bonds. The number of aromatic nitrogens is 5. The third-order valence-corrected chi connectivity index (χ3v) is 5.12. The minimum absolute atomic E-state index is 0.113. The van der Waals surface area contributed by atoms with Crippen LogP contribution in [0.1, 0.15) is 43.4 Å². The number of nitrogens with zero attached hydrogens (tertiary/aromatic N) is 6. The van der Waals surface area contributed by atoms with E-state index in [2.05, 4.69) is 20.2 Å². The Balaban J connectivity index is 1.72. The Morgan fingerprint density at radius 3 is 2.47 bits per heavy atom. The lowest BCUT2D eigenvalue weighted by atomic mass is 9.96. The fraction of sp³-hybridized carbons (Fsp3) is 0.450. The molecule has 1 aromatic carbocycles. The summed E-state index contributed by atoms with van der Waals surface area (Å²) >= 11 is 5.87. The van der Waals surface area contributed by atoms with Crippen LogP contribution in [0.2, 0.25) is 5.02 Å². The SMILES string of the molecule is CC(C)(C)c1nc(N2CCC(F)(F)C2)c2nn(CC(=O)c3ccc(Cl)cc3)nc2n1. The normalized spacial score (nSPS) is 16.4. The van der Waals surface area contributed by atoms with E-state index in [1.807, 2.05) is 20.8 Å². The molecule has 2 aromatic heterocycles. The Morgan fingerprint density at radius 1 is 1.17 bits per heavy atom. The molecule has 3 heterocycles. The molecule has 1 aliphatic heterocycles. The molecule has 1 saturated heterocycles. The predicted octanol–water partition coefficient (Wildman–Crippen LogP) is 3.90. The number of hydrogen-bond donors (Lipinski definition) is 0. The zero-order valence-corrected chi connectivity index (χ0v) is 17.6. The van der Waals surface area contributed by atoms with Gasteiger partial charge in [-0.2, -0.15) is 4.80 Å². The minimum Gasteiger partial charge on any atom is -0.348 e. The van der Waals surface area contributed by atoms with Crippen LogP contribution < -0.4 is 4.90 Å². The summed E-state index contributed by atoms with van der Waals surface area (Å²) in [6, 6.07) is 6.52. The van der Waals surface area contributed by atoms with Gasteiger partial charge in [0.05, 0.1) is 6.54 Å². The van der Waals surface area contributed by atoms with Crippen molar-refractivity contribution in [2.75, 3.05) is 18.0 Å². The molecule has 7 nitrogen and oxygen atoms in total. The van der Waals surface area contributed by atoms with E-state index in [1.165, 1.54) is 9.70 Å². The number of rotatable bonds is 4. The summed E-state index contributed by atoms with van der Waals surface area (Å²) < 4.78 is 27.7. The van der Waals surface area contributed by atoms with Crippen LogP contribution in [-0.4, -0.2) is 49.8 Å². The van der Waals surface area contributed by atoms with Gasteiger partial charge in [0.1, 0.15) is 12.4 Å². The highest BCUT2D eigenvalue weighted by Crippen LogP contribution is 2.33. The molecule has 3 aromatic rings. The minimum atomic E-state index is -2.78. The first-order chi connectivity index (χ1) is 14.0. The monoisotopic (exact) mass is 434 g/mol. The molecule has 10 heteroatoms. The number of carbonyl (C=O) groups is 1. The average Bonchev–Trinajstić information content (AvgIpc) is 3.22. The van der Waals surface area contributed by atoms with Gasteiger partial charge in [0.15, 0.2) is 17.1 Å². The van der Waals surface area contributed by atoms with E-state index in [4.69, 9.17) is 11.6 Å². The van der Waals surface area contributed by atoms with Crippen LogP contribution in [0, 0.1) is 0 Å². The Morgan fingerprint density at radius 2 is 1.87 bits per heavy atom. The largest absolute Gasteiger partial charge is 0.348 e. The van der Waals surface area contributed by atoms with Crippen molar-refractivity contribution in [2.45, 2.75) is 45.1 Å². The highest BCUT2D eigenvalue weighted by Gasteiger charge is 2.40. The van der Waals surface area contributed by atoms with Crippen LogP contribution in [0.4, 0.5) is 14.6 Å². The lowest BCUT2D eigenvalue weighted by Gasteiger charge is -2.21. The lowest BCUT2D eigenvalue weighted by molar-refractivity contribution is 0.0257. The number of anilines is 1. The second kappa shape index (κ2) is 7.23. The Hall–Kier alpha value is -2.68. The first-order valence-corrected chi connectivity index (χ1v) is 9.94. The molecule has 0 spiro atoms. The topological polar surface area (TPSA) is 76.8 Å². The first-order valence-electron chi connectivity index (χ1n) is 9.57. The standard InChI is InChI=1S/C20H21ClF2N6O/c1-19(2,3)18-24-16-15(17(25-18)28-9-8-20(22,23)11-28)26-29(27-16)10-14(30)12-4-6-13(21)7-5-12/h4-7H,8-11H2,1-3H3. The van der Waals surface area contributed by atoms with Gasteiger partial charge in [-0.1, -0.05) is 32.4 Å². The van der Waals surface area contributed by atoms with Crippen molar-refractivity contribution in [1.29, 1.82) is 0 Å². The molecule has 1 fully saturated rings. The first kappa shape index (κ1) is 20.6. The molecule has 1 aliphatic rings. The second-order valence-corrected chi connectivity index (χ2v) is 8.92. The highest BCUT2D eigenvalue weighted by atomic mass is 35.5. The van der Waals surface area contributed by atoms with Gasteiger partial charge in [0.2, 0.25) is 5.65 Å². The number of benzene rings is 1. The van der Waals surface area contributed by atoms with E-state index >= 15 is 0 Å². The zero-order valence-electron chi connectivity index (χ0n) is 16.9. The summed E-state index contributed by atoms with van der Waals surface area (Å²) in [5, 5.41) is 9.22. The van der Waals surface area contributed by atoms with E-state index in [0.717, 1.165) is 0 Å². The van der Waals surface area contributed by atoms with Gasteiger partial charge in [0.25, 0.3) is 5.92 Å². The molecule has 0 radical (unpaired) electrons. The molecular formula is C20H21ClF2N6O.